The smallest absolute Gasteiger partial charge is 0.141 e. The standard InChI is InChI=1S/C6H3BrFIO/c7-3-1-5(9)6(10)2-4(3)8/h1-2,10H. The fourth-order valence-corrected chi connectivity index (χ4v) is 1.75. The lowest BCUT2D eigenvalue weighted by atomic mass is 10.3. The van der Waals surface area contributed by atoms with Gasteiger partial charge in [-0.2, -0.15) is 0 Å². The van der Waals surface area contributed by atoms with Crippen molar-refractivity contribution in [3.63, 3.8) is 0 Å². The average molecular weight is 317 g/mol. The van der Waals surface area contributed by atoms with E-state index in [2.05, 4.69) is 15.9 Å². The third-order valence-electron chi connectivity index (χ3n) is 0.990. The van der Waals surface area contributed by atoms with Crippen LogP contribution in [-0.4, -0.2) is 5.11 Å². The van der Waals surface area contributed by atoms with Gasteiger partial charge in [0, 0.05) is 6.07 Å². The molecule has 0 atom stereocenters. The maximum absolute atomic E-state index is 12.5. The Kier molecular flexibility index (Phi) is 2.51. The summed E-state index contributed by atoms with van der Waals surface area (Å²) in [5.74, 6) is -0.473. The lowest BCUT2D eigenvalue weighted by Crippen LogP contribution is -1.79. The highest BCUT2D eigenvalue weighted by Gasteiger charge is 2.03. The van der Waals surface area contributed by atoms with Crippen molar-refractivity contribution in [1.29, 1.82) is 0 Å². The van der Waals surface area contributed by atoms with Gasteiger partial charge in [0.25, 0.3) is 0 Å². The summed E-state index contributed by atoms with van der Waals surface area (Å²) in [5.41, 5.74) is 0. The summed E-state index contributed by atoms with van der Waals surface area (Å²) >= 11 is 4.91. The van der Waals surface area contributed by atoms with Crippen LogP contribution in [0.15, 0.2) is 16.6 Å². The van der Waals surface area contributed by atoms with E-state index in [0.29, 0.717) is 8.04 Å². The van der Waals surface area contributed by atoms with Gasteiger partial charge in [-0.3, -0.25) is 0 Å². The van der Waals surface area contributed by atoms with E-state index in [9.17, 15) is 4.39 Å². The van der Waals surface area contributed by atoms with Crippen LogP contribution >= 0.6 is 38.5 Å². The molecule has 0 heterocycles. The minimum Gasteiger partial charge on any atom is -0.507 e. The highest BCUT2D eigenvalue weighted by Crippen LogP contribution is 2.26. The molecule has 4 heteroatoms. The number of halogens is 3. The van der Waals surface area contributed by atoms with Crippen molar-refractivity contribution in [3.8, 4) is 5.75 Å². The normalized spacial score (nSPS) is 9.90. The molecule has 0 aromatic heterocycles. The van der Waals surface area contributed by atoms with Crippen molar-refractivity contribution < 1.29 is 9.50 Å². The van der Waals surface area contributed by atoms with Gasteiger partial charge in [0.2, 0.25) is 0 Å². The van der Waals surface area contributed by atoms with Gasteiger partial charge in [-0.05, 0) is 44.6 Å². The Morgan fingerprint density at radius 1 is 1.50 bits per heavy atom. The number of phenols is 1. The molecule has 1 aromatic carbocycles. The third kappa shape index (κ3) is 1.60. The van der Waals surface area contributed by atoms with E-state index in [1.807, 2.05) is 22.6 Å². The SMILES string of the molecule is Oc1cc(F)c(Br)cc1I. The molecule has 10 heavy (non-hydrogen) atoms. The first-order chi connectivity index (χ1) is 4.61. The van der Waals surface area contributed by atoms with Crippen LogP contribution < -0.4 is 0 Å². The van der Waals surface area contributed by atoms with Crippen LogP contribution in [0.25, 0.3) is 0 Å². The first-order valence-electron chi connectivity index (χ1n) is 2.45. The fraction of sp³-hybridized carbons (Fsp3) is 0. The lowest BCUT2D eigenvalue weighted by molar-refractivity contribution is 0.464. The Bertz CT molecular complexity index is 214. The number of hydrogen-bond donors (Lipinski definition) is 1. The average Bonchev–Trinajstić information content (AvgIpc) is 1.84. The Hall–Kier alpha value is 0.160. The zero-order valence-electron chi connectivity index (χ0n) is 4.74. The summed E-state index contributed by atoms with van der Waals surface area (Å²) in [4.78, 5) is 0. The van der Waals surface area contributed by atoms with Crippen LogP contribution in [0.3, 0.4) is 0 Å². The summed E-state index contributed by atoms with van der Waals surface area (Å²) in [7, 11) is 0. The van der Waals surface area contributed by atoms with E-state index in [1.165, 1.54) is 6.07 Å². The summed E-state index contributed by atoms with van der Waals surface area (Å²) in [5, 5.41) is 8.96. The molecule has 0 amide bonds. The first kappa shape index (κ1) is 8.26. The van der Waals surface area contributed by atoms with E-state index in [1.54, 1.807) is 0 Å². The molecule has 0 spiro atoms. The van der Waals surface area contributed by atoms with Gasteiger partial charge in [-0.1, -0.05) is 0 Å². The van der Waals surface area contributed by atoms with E-state index in [-0.39, 0.29) is 5.75 Å². The molecule has 54 valence electrons. The number of aromatic hydroxyl groups is 1. The molecule has 0 saturated carbocycles. The predicted octanol–water partition coefficient (Wildman–Crippen LogP) is 2.90. The molecular weight excluding hydrogens is 314 g/mol. The molecule has 1 N–H and O–H groups in total. The van der Waals surface area contributed by atoms with Gasteiger partial charge in [0.05, 0.1) is 8.04 Å². The molecule has 0 aliphatic carbocycles. The number of benzene rings is 1. The molecule has 0 aliphatic heterocycles. The van der Waals surface area contributed by atoms with Crippen molar-refractivity contribution in [2.45, 2.75) is 0 Å². The molecule has 0 aliphatic rings. The Balaban J connectivity index is 3.28. The molecule has 1 nitrogen and oxygen atoms in total. The van der Waals surface area contributed by atoms with Crippen molar-refractivity contribution in [2.75, 3.05) is 0 Å². The van der Waals surface area contributed by atoms with E-state index in [0.717, 1.165) is 6.07 Å². The van der Waals surface area contributed by atoms with E-state index in [4.69, 9.17) is 5.11 Å². The molecule has 0 saturated heterocycles. The van der Waals surface area contributed by atoms with Crippen molar-refractivity contribution in [2.24, 2.45) is 0 Å². The maximum Gasteiger partial charge on any atom is 0.141 e. The minimum absolute atomic E-state index is 0.0266. The number of phenolic OH excluding ortho intramolecular Hbond substituents is 1. The fourth-order valence-electron chi connectivity index (χ4n) is 0.512. The van der Waals surface area contributed by atoms with Crippen LogP contribution in [0.4, 0.5) is 4.39 Å². The summed E-state index contributed by atoms with van der Waals surface area (Å²) in [6, 6.07) is 2.59. The van der Waals surface area contributed by atoms with Gasteiger partial charge in [-0.15, -0.1) is 0 Å². The second-order valence-corrected chi connectivity index (χ2v) is 3.73. The van der Waals surface area contributed by atoms with Gasteiger partial charge in [0.15, 0.2) is 0 Å². The second kappa shape index (κ2) is 3.04. The van der Waals surface area contributed by atoms with Crippen LogP contribution in [0.5, 0.6) is 5.75 Å². The summed E-state index contributed by atoms with van der Waals surface area (Å²) in [6.07, 6.45) is 0. The molecule has 1 aromatic rings. The molecule has 0 unspecified atom stereocenters. The Labute approximate surface area is 79.5 Å². The maximum atomic E-state index is 12.5. The van der Waals surface area contributed by atoms with Crippen molar-refractivity contribution >= 4 is 38.5 Å². The Morgan fingerprint density at radius 3 is 2.60 bits per heavy atom. The topological polar surface area (TPSA) is 20.2 Å². The molecule has 0 fully saturated rings. The molecule has 1 rings (SSSR count). The van der Waals surface area contributed by atoms with E-state index >= 15 is 0 Å². The number of rotatable bonds is 0. The van der Waals surface area contributed by atoms with Gasteiger partial charge in [0.1, 0.15) is 11.6 Å². The van der Waals surface area contributed by atoms with Gasteiger partial charge < -0.3 is 5.11 Å². The van der Waals surface area contributed by atoms with Crippen LogP contribution in [-0.2, 0) is 0 Å². The van der Waals surface area contributed by atoms with Crippen LogP contribution in [0.2, 0.25) is 0 Å². The summed E-state index contributed by atoms with van der Waals surface area (Å²) in [6.45, 7) is 0. The minimum atomic E-state index is -0.446. The first-order valence-corrected chi connectivity index (χ1v) is 4.32. The second-order valence-electron chi connectivity index (χ2n) is 1.72. The van der Waals surface area contributed by atoms with Gasteiger partial charge in [-0.25, -0.2) is 4.39 Å². The quantitative estimate of drug-likeness (QED) is 0.576. The third-order valence-corrected chi connectivity index (χ3v) is 2.46. The van der Waals surface area contributed by atoms with E-state index < -0.39 is 5.82 Å². The van der Waals surface area contributed by atoms with Gasteiger partial charge >= 0.3 is 0 Å². The van der Waals surface area contributed by atoms with Crippen molar-refractivity contribution in [1.82, 2.24) is 0 Å². The lowest BCUT2D eigenvalue weighted by Gasteiger charge is -1.97. The van der Waals surface area contributed by atoms with Crippen molar-refractivity contribution in [3.05, 3.63) is 26.0 Å². The molecule has 0 bridgehead atoms. The zero-order valence-corrected chi connectivity index (χ0v) is 8.48. The molecular formula is C6H3BrFIO. The largest absolute Gasteiger partial charge is 0.507 e. The van der Waals surface area contributed by atoms with Crippen LogP contribution in [0.1, 0.15) is 0 Å². The number of hydrogen-bond acceptors (Lipinski definition) is 1. The zero-order chi connectivity index (χ0) is 7.72. The molecule has 0 radical (unpaired) electrons. The predicted molar refractivity (Wildman–Crippen MR) is 48.5 cm³/mol. The monoisotopic (exact) mass is 316 g/mol. The highest BCUT2D eigenvalue weighted by atomic mass is 127. The summed E-state index contributed by atoms with van der Waals surface area (Å²) < 4.78 is 13.5. The highest BCUT2D eigenvalue weighted by molar-refractivity contribution is 14.1. The Morgan fingerprint density at radius 2 is 2.10 bits per heavy atom. The van der Waals surface area contributed by atoms with Crippen LogP contribution in [0, 0.1) is 9.39 Å².